The first-order valence-electron chi connectivity index (χ1n) is 9.41. The molecule has 0 bridgehead atoms. The highest BCUT2D eigenvalue weighted by Gasteiger charge is 2.41. The van der Waals surface area contributed by atoms with Crippen LogP contribution in [0, 0.1) is 0 Å². The zero-order valence-corrected chi connectivity index (χ0v) is 15.4. The second kappa shape index (κ2) is 7.20. The van der Waals surface area contributed by atoms with E-state index in [9.17, 15) is 8.78 Å². The molecule has 0 spiro atoms. The number of hydrazone groups is 1. The molecule has 0 amide bonds. The van der Waals surface area contributed by atoms with Crippen LogP contribution in [0.1, 0.15) is 35.4 Å². The van der Waals surface area contributed by atoms with Crippen LogP contribution in [-0.2, 0) is 0 Å². The smallest absolute Gasteiger partial charge is 0.387 e. The third kappa shape index (κ3) is 3.20. The molecule has 29 heavy (non-hydrogen) atoms. The van der Waals surface area contributed by atoms with Gasteiger partial charge in [-0.25, -0.2) is 5.01 Å². The Labute approximate surface area is 167 Å². The van der Waals surface area contributed by atoms with Crippen molar-refractivity contribution in [3.8, 4) is 11.5 Å². The van der Waals surface area contributed by atoms with Gasteiger partial charge in [0.2, 0.25) is 6.23 Å². The van der Waals surface area contributed by atoms with Crippen LogP contribution in [-0.4, -0.2) is 17.3 Å². The zero-order valence-electron chi connectivity index (χ0n) is 15.4. The minimum absolute atomic E-state index is 0.0419. The van der Waals surface area contributed by atoms with Crippen molar-refractivity contribution in [2.24, 2.45) is 5.10 Å². The highest BCUT2D eigenvalue weighted by Crippen LogP contribution is 2.48. The summed E-state index contributed by atoms with van der Waals surface area (Å²) in [7, 11) is 0. The van der Waals surface area contributed by atoms with Crippen molar-refractivity contribution in [3.05, 3.63) is 95.6 Å². The van der Waals surface area contributed by atoms with Crippen LogP contribution >= 0.6 is 0 Å². The average Bonchev–Trinajstić information content (AvgIpc) is 3.20. The van der Waals surface area contributed by atoms with Crippen molar-refractivity contribution in [2.45, 2.75) is 25.3 Å². The second-order valence-electron chi connectivity index (χ2n) is 6.94. The topological polar surface area (TPSA) is 34.1 Å². The maximum absolute atomic E-state index is 13.0. The summed E-state index contributed by atoms with van der Waals surface area (Å²) in [6, 6.07) is 24.4. The fourth-order valence-electron chi connectivity index (χ4n) is 3.93. The number of nitrogens with zero attached hydrogens (tertiary/aromatic N) is 2. The Kier molecular flexibility index (Phi) is 4.39. The van der Waals surface area contributed by atoms with E-state index in [0.717, 1.165) is 22.6 Å². The van der Waals surface area contributed by atoms with E-state index < -0.39 is 12.8 Å². The lowest BCUT2D eigenvalue weighted by Crippen LogP contribution is -2.34. The number of hydrogen-bond acceptors (Lipinski definition) is 4. The van der Waals surface area contributed by atoms with Crippen LogP contribution < -0.4 is 9.47 Å². The number of hydrogen-bond donors (Lipinski definition) is 0. The Balaban J connectivity index is 1.60. The van der Waals surface area contributed by atoms with Gasteiger partial charge in [0.25, 0.3) is 0 Å². The van der Waals surface area contributed by atoms with Crippen molar-refractivity contribution in [1.29, 1.82) is 0 Å². The van der Waals surface area contributed by atoms with Crippen LogP contribution in [0.25, 0.3) is 0 Å². The third-order valence-electron chi connectivity index (χ3n) is 5.21. The molecule has 2 heterocycles. The maximum atomic E-state index is 13.0. The van der Waals surface area contributed by atoms with E-state index in [0.29, 0.717) is 12.0 Å². The maximum Gasteiger partial charge on any atom is 0.387 e. The molecular weight excluding hydrogens is 374 g/mol. The lowest BCUT2D eigenvalue weighted by Gasteiger charge is -2.38. The molecule has 0 aromatic heterocycles. The molecule has 2 atom stereocenters. The van der Waals surface area contributed by atoms with Gasteiger partial charge in [-0.3, -0.25) is 0 Å². The van der Waals surface area contributed by atoms with Crippen molar-refractivity contribution >= 4 is 5.71 Å². The molecule has 2 unspecified atom stereocenters. The van der Waals surface area contributed by atoms with Crippen molar-refractivity contribution in [1.82, 2.24) is 5.01 Å². The molecule has 3 aromatic carbocycles. The quantitative estimate of drug-likeness (QED) is 0.585. The number of rotatable bonds is 4. The predicted octanol–water partition coefficient (Wildman–Crippen LogP) is 5.53. The van der Waals surface area contributed by atoms with Crippen LogP contribution in [0.5, 0.6) is 11.5 Å². The fraction of sp³-hybridized carbons (Fsp3) is 0.174. The molecule has 0 saturated heterocycles. The average molecular weight is 392 g/mol. The van der Waals surface area contributed by atoms with Crippen LogP contribution in [0.3, 0.4) is 0 Å². The van der Waals surface area contributed by atoms with Crippen LogP contribution in [0.2, 0.25) is 0 Å². The molecule has 5 rings (SSSR count). The highest BCUT2D eigenvalue weighted by atomic mass is 19.3. The van der Waals surface area contributed by atoms with E-state index in [1.165, 1.54) is 6.07 Å². The largest absolute Gasteiger partial charge is 0.464 e. The Morgan fingerprint density at radius 3 is 2.38 bits per heavy atom. The summed E-state index contributed by atoms with van der Waals surface area (Å²) in [5.41, 5.74) is 3.53. The molecule has 0 N–H and O–H groups in total. The molecule has 0 radical (unpaired) electrons. The van der Waals surface area contributed by atoms with Gasteiger partial charge in [-0.2, -0.15) is 13.9 Å². The van der Waals surface area contributed by atoms with Gasteiger partial charge in [0.1, 0.15) is 11.5 Å². The third-order valence-corrected chi connectivity index (χ3v) is 5.21. The molecule has 3 aromatic rings. The normalized spacial score (nSPS) is 20.0. The van der Waals surface area contributed by atoms with Gasteiger partial charge < -0.3 is 9.47 Å². The minimum atomic E-state index is -2.91. The Hall–Kier alpha value is -3.41. The summed E-state index contributed by atoms with van der Waals surface area (Å²) in [6.07, 6.45) is 0.0460. The summed E-state index contributed by atoms with van der Waals surface area (Å²) in [4.78, 5) is 0. The van der Waals surface area contributed by atoms with E-state index in [-0.39, 0.29) is 11.8 Å². The lowest BCUT2D eigenvalue weighted by atomic mass is 9.96. The summed E-state index contributed by atoms with van der Waals surface area (Å²) in [6.45, 7) is -2.91. The van der Waals surface area contributed by atoms with Gasteiger partial charge in [-0.05, 0) is 23.8 Å². The molecule has 0 fully saturated rings. The molecule has 4 nitrogen and oxygen atoms in total. The number of alkyl halides is 2. The second-order valence-corrected chi connectivity index (χ2v) is 6.94. The lowest BCUT2D eigenvalue weighted by molar-refractivity contribution is -0.0578. The number of ether oxygens (including phenoxy) is 2. The highest BCUT2D eigenvalue weighted by molar-refractivity contribution is 6.01. The minimum Gasteiger partial charge on any atom is -0.464 e. The number of benzene rings is 3. The summed E-state index contributed by atoms with van der Waals surface area (Å²) < 4.78 is 36.9. The Bertz CT molecular complexity index is 1060. The number of fused-ring (bicyclic) bond motifs is 3. The first-order valence-corrected chi connectivity index (χ1v) is 9.41. The summed E-state index contributed by atoms with van der Waals surface area (Å²) >= 11 is 0. The van der Waals surface area contributed by atoms with E-state index in [1.807, 2.05) is 59.6 Å². The van der Waals surface area contributed by atoms with Gasteiger partial charge in [-0.15, -0.1) is 0 Å². The molecule has 6 heteroatoms. The standard InChI is InChI=1S/C23H18F2N2O2/c24-23(25)29-21-13-7-5-11-17(21)22-27-19(16-10-4-6-12-20(16)28-22)14-18(26-27)15-8-2-1-3-9-15/h1-13,19,22-23H,14H2. The summed E-state index contributed by atoms with van der Waals surface area (Å²) in [5, 5.41) is 6.70. The van der Waals surface area contributed by atoms with E-state index in [1.54, 1.807) is 18.2 Å². The molecular formula is C23H18F2N2O2. The fourth-order valence-corrected chi connectivity index (χ4v) is 3.93. The van der Waals surface area contributed by atoms with E-state index in [4.69, 9.17) is 14.6 Å². The van der Waals surface area contributed by atoms with Crippen molar-refractivity contribution in [3.63, 3.8) is 0 Å². The van der Waals surface area contributed by atoms with Crippen molar-refractivity contribution < 1.29 is 18.3 Å². The van der Waals surface area contributed by atoms with Gasteiger partial charge >= 0.3 is 6.61 Å². The van der Waals surface area contributed by atoms with E-state index in [2.05, 4.69) is 0 Å². The molecule has 2 aliphatic rings. The Morgan fingerprint density at radius 1 is 0.897 bits per heavy atom. The Morgan fingerprint density at radius 2 is 1.59 bits per heavy atom. The first-order chi connectivity index (χ1) is 14.2. The van der Waals surface area contributed by atoms with Gasteiger partial charge in [-0.1, -0.05) is 60.7 Å². The molecule has 146 valence electrons. The molecule has 2 aliphatic heterocycles. The van der Waals surface area contributed by atoms with Gasteiger partial charge in [0, 0.05) is 12.0 Å². The number of para-hydroxylation sites is 2. The van der Waals surface area contributed by atoms with Crippen LogP contribution in [0.4, 0.5) is 8.78 Å². The zero-order chi connectivity index (χ0) is 19.8. The molecule has 0 aliphatic carbocycles. The molecule has 0 saturated carbocycles. The number of halogens is 2. The first kappa shape index (κ1) is 17.7. The van der Waals surface area contributed by atoms with Gasteiger partial charge in [0.15, 0.2) is 0 Å². The summed E-state index contributed by atoms with van der Waals surface area (Å²) in [5.74, 6) is 0.823. The predicted molar refractivity (Wildman–Crippen MR) is 105 cm³/mol. The van der Waals surface area contributed by atoms with E-state index >= 15 is 0 Å². The van der Waals surface area contributed by atoms with Crippen molar-refractivity contribution in [2.75, 3.05) is 0 Å². The van der Waals surface area contributed by atoms with Crippen LogP contribution in [0.15, 0.2) is 84.0 Å². The van der Waals surface area contributed by atoms with Gasteiger partial charge in [0.05, 0.1) is 17.3 Å². The SMILES string of the molecule is FC(F)Oc1ccccc1C1Oc2ccccc2C2CC(c3ccccc3)=NN21. The monoisotopic (exact) mass is 392 g/mol.